The van der Waals surface area contributed by atoms with Gasteiger partial charge in [-0.15, -0.1) is 0 Å². The van der Waals surface area contributed by atoms with Crippen LogP contribution >= 0.6 is 0 Å². The fraction of sp³-hybridized carbons (Fsp3) is 0.222. The molecule has 142 valence electrons. The van der Waals surface area contributed by atoms with Crippen molar-refractivity contribution in [2.75, 3.05) is 25.6 Å². The molecule has 1 aromatic carbocycles. The molecule has 27 heavy (non-hydrogen) atoms. The van der Waals surface area contributed by atoms with E-state index < -0.39 is 17.7 Å². The van der Waals surface area contributed by atoms with Crippen LogP contribution in [-0.4, -0.2) is 43.0 Å². The van der Waals surface area contributed by atoms with E-state index >= 15 is 0 Å². The molecule has 0 unspecified atom stereocenters. The van der Waals surface area contributed by atoms with E-state index in [1.54, 1.807) is 24.3 Å². The van der Waals surface area contributed by atoms with Gasteiger partial charge in [-0.1, -0.05) is 0 Å². The topological polar surface area (TPSA) is 133 Å². The van der Waals surface area contributed by atoms with Crippen LogP contribution in [0, 0.1) is 0 Å². The standard InChI is InChI=1S/C18H20N4O5/c1-3-27-13-6-4-12(5-7-13)21-17(24)11-8-14(26-2)16(20-10-11)18(25)22-15(23)9-19/h4-8,10H,3,9,19H2,1-2H3,(H,21,24)(H,22,23,25). The van der Waals surface area contributed by atoms with Crippen LogP contribution < -0.4 is 25.8 Å². The summed E-state index contributed by atoms with van der Waals surface area (Å²) in [5.41, 5.74) is 5.78. The van der Waals surface area contributed by atoms with Crippen LogP contribution in [0.15, 0.2) is 36.5 Å². The third-order valence-electron chi connectivity index (χ3n) is 3.41. The fourth-order valence-electron chi connectivity index (χ4n) is 2.14. The fourth-order valence-corrected chi connectivity index (χ4v) is 2.14. The Morgan fingerprint density at radius 2 is 1.85 bits per heavy atom. The molecule has 0 saturated carbocycles. The number of aromatic nitrogens is 1. The van der Waals surface area contributed by atoms with Gasteiger partial charge in [-0.25, -0.2) is 4.98 Å². The van der Waals surface area contributed by atoms with Gasteiger partial charge < -0.3 is 20.5 Å². The normalized spacial score (nSPS) is 10.0. The maximum atomic E-state index is 12.4. The van der Waals surface area contributed by atoms with Crippen LogP contribution in [-0.2, 0) is 4.79 Å². The molecule has 0 aliphatic heterocycles. The number of anilines is 1. The molecule has 1 aromatic heterocycles. The molecule has 3 amide bonds. The summed E-state index contributed by atoms with van der Waals surface area (Å²) in [5, 5.41) is 4.77. The van der Waals surface area contributed by atoms with Gasteiger partial charge in [-0.05, 0) is 37.3 Å². The highest BCUT2D eigenvalue weighted by Crippen LogP contribution is 2.20. The Morgan fingerprint density at radius 1 is 1.15 bits per heavy atom. The second kappa shape index (κ2) is 9.30. The number of ether oxygens (including phenoxy) is 2. The Kier molecular flexibility index (Phi) is 6.84. The van der Waals surface area contributed by atoms with Gasteiger partial charge >= 0.3 is 0 Å². The van der Waals surface area contributed by atoms with Gasteiger partial charge in [-0.3, -0.25) is 19.7 Å². The molecule has 4 N–H and O–H groups in total. The van der Waals surface area contributed by atoms with Crippen molar-refractivity contribution in [3.8, 4) is 11.5 Å². The summed E-state index contributed by atoms with van der Waals surface area (Å²) in [6, 6.07) is 8.24. The summed E-state index contributed by atoms with van der Waals surface area (Å²) in [6.07, 6.45) is 1.22. The number of nitrogens with two attached hydrogens (primary N) is 1. The van der Waals surface area contributed by atoms with Crippen molar-refractivity contribution in [2.24, 2.45) is 5.73 Å². The second-order valence-electron chi connectivity index (χ2n) is 5.27. The number of imide groups is 1. The van der Waals surface area contributed by atoms with E-state index in [-0.39, 0.29) is 23.6 Å². The number of methoxy groups -OCH3 is 1. The number of hydrogen-bond donors (Lipinski definition) is 3. The number of pyridine rings is 1. The molecule has 2 rings (SSSR count). The smallest absolute Gasteiger partial charge is 0.280 e. The molecule has 1 heterocycles. The highest BCUT2D eigenvalue weighted by Gasteiger charge is 2.19. The second-order valence-corrected chi connectivity index (χ2v) is 5.27. The number of rotatable bonds is 7. The summed E-state index contributed by atoms with van der Waals surface area (Å²) in [6.45, 7) is 2.09. The van der Waals surface area contributed by atoms with Crippen LogP contribution in [0.25, 0.3) is 0 Å². The minimum Gasteiger partial charge on any atom is -0.494 e. The zero-order valence-corrected chi connectivity index (χ0v) is 14.9. The maximum Gasteiger partial charge on any atom is 0.280 e. The molecule has 9 nitrogen and oxygen atoms in total. The largest absolute Gasteiger partial charge is 0.494 e. The summed E-state index contributed by atoms with van der Waals surface area (Å²) < 4.78 is 10.4. The van der Waals surface area contributed by atoms with Crippen LogP contribution in [0.3, 0.4) is 0 Å². The molecule has 0 aliphatic carbocycles. The summed E-state index contributed by atoms with van der Waals surface area (Å²) >= 11 is 0. The lowest BCUT2D eigenvalue weighted by Crippen LogP contribution is -2.36. The minimum absolute atomic E-state index is 0.0525. The van der Waals surface area contributed by atoms with Gasteiger partial charge in [0.2, 0.25) is 5.91 Å². The first-order valence-electron chi connectivity index (χ1n) is 8.11. The first kappa shape index (κ1) is 19.9. The van der Waals surface area contributed by atoms with Gasteiger partial charge in [0.1, 0.15) is 5.75 Å². The van der Waals surface area contributed by atoms with E-state index in [2.05, 4.69) is 15.6 Å². The summed E-state index contributed by atoms with van der Waals surface area (Å²) in [4.78, 5) is 39.6. The molecule has 0 radical (unpaired) electrons. The Labute approximate surface area is 155 Å². The predicted octanol–water partition coefficient (Wildman–Crippen LogP) is 0.956. The molecule has 0 atom stereocenters. The van der Waals surface area contributed by atoms with Crippen molar-refractivity contribution < 1.29 is 23.9 Å². The number of nitrogens with zero attached hydrogens (tertiary/aromatic N) is 1. The molecular formula is C18H20N4O5. The molecule has 0 spiro atoms. The molecular weight excluding hydrogens is 352 g/mol. The van der Waals surface area contributed by atoms with Crippen molar-refractivity contribution >= 4 is 23.4 Å². The van der Waals surface area contributed by atoms with Crippen molar-refractivity contribution in [3.63, 3.8) is 0 Å². The Bertz CT molecular complexity index is 836. The minimum atomic E-state index is -0.763. The summed E-state index contributed by atoms with van der Waals surface area (Å²) in [7, 11) is 1.33. The number of benzene rings is 1. The molecule has 0 aliphatic rings. The number of carbonyl (C=O) groups is 3. The highest BCUT2D eigenvalue weighted by molar-refractivity contribution is 6.07. The van der Waals surface area contributed by atoms with Gasteiger partial charge in [0.05, 0.1) is 25.8 Å². The van der Waals surface area contributed by atoms with E-state index in [9.17, 15) is 14.4 Å². The van der Waals surface area contributed by atoms with Gasteiger partial charge in [0.15, 0.2) is 11.4 Å². The summed E-state index contributed by atoms with van der Waals surface area (Å²) in [5.74, 6) is -1.10. The maximum absolute atomic E-state index is 12.4. The van der Waals surface area contributed by atoms with Gasteiger partial charge in [-0.2, -0.15) is 0 Å². The van der Waals surface area contributed by atoms with Crippen molar-refractivity contribution in [1.29, 1.82) is 0 Å². The first-order chi connectivity index (χ1) is 13.0. The predicted molar refractivity (Wildman–Crippen MR) is 97.9 cm³/mol. The number of carbonyl (C=O) groups excluding carboxylic acids is 3. The van der Waals surface area contributed by atoms with Gasteiger partial charge in [0, 0.05) is 11.9 Å². The van der Waals surface area contributed by atoms with E-state index in [1.807, 2.05) is 6.92 Å². The average molecular weight is 372 g/mol. The molecule has 9 heteroatoms. The van der Waals surface area contributed by atoms with Crippen molar-refractivity contribution in [1.82, 2.24) is 10.3 Å². The van der Waals surface area contributed by atoms with E-state index in [4.69, 9.17) is 15.2 Å². The molecule has 0 bridgehead atoms. The molecule has 2 aromatic rings. The third-order valence-corrected chi connectivity index (χ3v) is 3.41. The monoisotopic (exact) mass is 372 g/mol. The third kappa shape index (κ3) is 5.25. The lowest BCUT2D eigenvalue weighted by atomic mass is 10.2. The quantitative estimate of drug-likeness (QED) is 0.659. The number of amides is 3. The first-order valence-corrected chi connectivity index (χ1v) is 8.11. The van der Waals surface area contributed by atoms with Gasteiger partial charge in [0.25, 0.3) is 11.8 Å². The average Bonchev–Trinajstić information content (AvgIpc) is 2.68. The molecule has 0 saturated heterocycles. The van der Waals surface area contributed by atoms with E-state index in [0.29, 0.717) is 18.0 Å². The lowest BCUT2D eigenvalue weighted by Gasteiger charge is -2.10. The van der Waals surface area contributed by atoms with Crippen molar-refractivity contribution in [2.45, 2.75) is 6.92 Å². The number of nitrogens with one attached hydrogen (secondary N) is 2. The zero-order chi connectivity index (χ0) is 19.8. The van der Waals surface area contributed by atoms with Crippen LogP contribution in [0.4, 0.5) is 5.69 Å². The van der Waals surface area contributed by atoms with Crippen LogP contribution in [0.1, 0.15) is 27.8 Å². The van der Waals surface area contributed by atoms with Crippen LogP contribution in [0.2, 0.25) is 0 Å². The SMILES string of the molecule is CCOc1ccc(NC(=O)c2cnc(C(=O)NC(=O)CN)c(OC)c2)cc1. The molecule has 0 fully saturated rings. The Hall–Kier alpha value is -3.46. The van der Waals surface area contributed by atoms with Crippen LogP contribution in [0.5, 0.6) is 11.5 Å². The Balaban J connectivity index is 2.14. The zero-order valence-electron chi connectivity index (χ0n) is 14.9. The van der Waals surface area contributed by atoms with E-state index in [1.165, 1.54) is 19.4 Å². The number of hydrogen-bond acceptors (Lipinski definition) is 7. The lowest BCUT2D eigenvalue weighted by molar-refractivity contribution is -0.118. The van der Waals surface area contributed by atoms with Crippen molar-refractivity contribution in [3.05, 3.63) is 47.8 Å². The van der Waals surface area contributed by atoms with E-state index in [0.717, 1.165) is 0 Å². The Morgan fingerprint density at radius 3 is 2.44 bits per heavy atom. The highest BCUT2D eigenvalue weighted by atomic mass is 16.5.